The van der Waals surface area contributed by atoms with E-state index in [9.17, 15) is 10.2 Å². The van der Waals surface area contributed by atoms with Crippen LogP contribution >= 0.6 is 0 Å². The third-order valence-electron chi connectivity index (χ3n) is 10.4. The molecule has 0 radical (unpaired) electrons. The van der Waals surface area contributed by atoms with Gasteiger partial charge in [-0.15, -0.1) is 0 Å². The third kappa shape index (κ3) is 3.65. The predicted molar refractivity (Wildman–Crippen MR) is 120 cm³/mol. The van der Waals surface area contributed by atoms with Crippen LogP contribution in [0.5, 0.6) is 0 Å². The smallest absolute Gasteiger partial charge is 0.0571 e. The summed E-state index contributed by atoms with van der Waals surface area (Å²) >= 11 is 0. The van der Waals surface area contributed by atoms with E-state index in [0.29, 0.717) is 34.5 Å². The number of hydrogen-bond acceptors (Lipinski definition) is 2. The van der Waals surface area contributed by atoms with Gasteiger partial charge in [0.1, 0.15) is 0 Å². The largest absolute Gasteiger partial charge is 0.393 e. The zero-order valence-electron chi connectivity index (χ0n) is 19.6. The van der Waals surface area contributed by atoms with Crippen molar-refractivity contribution in [3.8, 4) is 0 Å². The van der Waals surface area contributed by atoms with Crippen LogP contribution in [0.4, 0.5) is 0 Å². The van der Waals surface area contributed by atoms with Crippen LogP contribution in [-0.4, -0.2) is 22.4 Å². The first-order valence-electron chi connectivity index (χ1n) is 12.7. The van der Waals surface area contributed by atoms with Crippen molar-refractivity contribution < 1.29 is 10.2 Å². The van der Waals surface area contributed by atoms with Crippen LogP contribution in [0, 0.1) is 52.3 Å². The molecule has 0 bridgehead atoms. The Hall–Kier alpha value is -0.340. The second kappa shape index (κ2) is 7.97. The fraction of sp³-hybridized carbons (Fsp3) is 0.926. The van der Waals surface area contributed by atoms with Crippen LogP contribution in [0.25, 0.3) is 0 Å². The Morgan fingerprint density at radius 3 is 2.38 bits per heavy atom. The van der Waals surface area contributed by atoms with Crippen LogP contribution in [0.2, 0.25) is 0 Å². The topological polar surface area (TPSA) is 40.5 Å². The Bertz CT molecular complexity index is 612. The Balaban J connectivity index is 1.49. The first-order valence-corrected chi connectivity index (χ1v) is 12.7. The predicted octanol–water partition coefficient (Wildman–Crippen LogP) is 6.22. The second-order valence-electron chi connectivity index (χ2n) is 12.4. The molecule has 2 N–H and O–H groups in total. The Morgan fingerprint density at radius 1 is 0.931 bits per heavy atom. The molecule has 0 amide bonds. The SMILES string of the molecule is CC(C)CCC(O)C(C)C1C=CC2C3CCC4CC(O)CCC4(C)C3CCC12C. The van der Waals surface area contributed by atoms with E-state index < -0.39 is 0 Å². The molecule has 0 saturated heterocycles. The quantitative estimate of drug-likeness (QED) is 0.536. The number of allylic oxidation sites excluding steroid dienone is 2. The highest BCUT2D eigenvalue weighted by Gasteiger charge is 2.59. The van der Waals surface area contributed by atoms with Gasteiger partial charge >= 0.3 is 0 Å². The van der Waals surface area contributed by atoms with E-state index in [4.69, 9.17) is 0 Å². The molecule has 4 rings (SSSR count). The number of aliphatic hydroxyl groups is 2. The fourth-order valence-electron chi connectivity index (χ4n) is 8.51. The number of rotatable bonds is 5. The van der Waals surface area contributed by atoms with Gasteiger partial charge in [-0.1, -0.05) is 46.8 Å². The van der Waals surface area contributed by atoms with Gasteiger partial charge in [-0.25, -0.2) is 0 Å². The summed E-state index contributed by atoms with van der Waals surface area (Å²) in [6.45, 7) is 11.9. The zero-order chi connectivity index (χ0) is 21.0. The van der Waals surface area contributed by atoms with E-state index in [2.05, 4.69) is 46.8 Å². The van der Waals surface area contributed by atoms with Gasteiger partial charge < -0.3 is 10.2 Å². The molecule has 0 spiro atoms. The molecule has 166 valence electrons. The summed E-state index contributed by atoms with van der Waals surface area (Å²) in [7, 11) is 0. The summed E-state index contributed by atoms with van der Waals surface area (Å²) in [6.07, 6.45) is 15.5. The molecule has 10 atom stereocenters. The molecule has 0 aromatic carbocycles. The molecule has 29 heavy (non-hydrogen) atoms. The Kier molecular flexibility index (Phi) is 6.01. The maximum absolute atomic E-state index is 10.9. The van der Waals surface area contributed by atoms with Crippen LogP contribution in [0.3, 0.4) is 0 Å². The summed E-state index contributed by atoms with van der Waals surface area (Å²) in [5.74, 6) is 4.61. The minimum Gasteiger partial charge on any atom is -0.393 e. The highest BCUT2D eigenvalue weighted by atomic mass is 16.3. The van der Waals surface area contributed by atoms with Gasteiger partial charge in [0, 0.05) is 0 Å². The summed E-state index contributed by atoms with van der Waals surface area (Å²) in [5, 5.41) is 21.2. The molecule has 4 aliphatic carbocycles. The van der Waals surface area contributed by atoms with Crippen molar-refractivity contribution in [1.82, 2.24) is 0 Å². The first-order chi connectivity index (χ1) is 13.7. The molecule has 2 heteroatoms. The van der Waals surface area contributed by atoms with Gasteiger partial charge in [-0.2, -0.15) is 0 Å². The molecular weight excluding hydrogens is 356 g/mol. The maximum atomic E-state index is 10.9. The van der Waals surface area contributed by atoms with Crippen molar-refractivity contribution in [2.45, 2.75) is 105 Å². The van der Waals surface area contributed by atoms with Gasteiger partial charge in [-0.05, 0) is 110 Å². The van der Waals surface area contributed by atoms with Crippen molar-refractivity contribution in [3.63, 3.8) is 0 Å². The van der Waals surface area contributed by atoms with E-state index >= 15 is 0 Å². The lowest BCUT2D eigenvalue weighted by Crippen LogP contribution is -2.54. The highest BCUT2D eigenvalue weighted by molar-refractivity contribution is 5.20. The Labute approximate surface area is 179 Å². The van der Waals surface area contributed by atoms with Crippen molar-refractivity contribution in [2.24, 2.45) is 52.3 Å². The molecule has 4 aliphatic rings. The van der Waals surface area contributed by atoms with E-state index in [1.165, 1.54) is 32.1 Å². The molecule has 0 heterocycles. The molecule has 3 saturated carbocycles. The van der Waals surface area contributed by atoms with E-state index in [-0.39, 0.29) is 12.2 Å². The molecule has 0 aromatic rings. The van der Waals surface area contributed by atoms with Crippen molar-refractivity contribution in [1.29, 1.82) is 0 Å². The highest BCUT2D eigenvalue weighted by Crippen LogP contribution is 2.66. The van der Waals surface area contributed by atoms with Crippen LogP contribution < -0.4 is 0 Å². The van der Waals surface area contributed by atoms with Crippen molar-refractivity contribution in [2.75, 3.05) is 0 Å². The van der Waals surface area contributed by atoms with Crippen LogP contribution in [-0.2, 0) is 0 Å². The molecule has 10 unspecified atom stereocenters. The van der Waals surface area contributed by atoms with Gasteiger partial charge in [-0.3, -0.25) is 0 Å². The molecule has 0 aromatic heterocycles. The van der Waals surface area contributed by atoms with Crippen LogP contribution in [0.1, 0.15) is 92.4 Å². The second-order valence-corrected chi connectivity index (χ2v) is 12.4. The summed E-state index contributed by atoms with van der Waals surface area (Å²) in [5.41, 5.74) is 0.772. The lowest BCUT2D eigenvalue weighted by molar-refractivity contribution is -0.126. The lowest BCUT2D eigenvalue weighted by atomic mass is 9.44. The average Bonchev–Trinajstić information content (AvgIpc) is 3.03. The van der Waals surface area contributed by atoms with Gasteiger partial charge in [0.15, 0.2) is 0 Å². The molecule has 0 aliphatic heterocycles. The third-order valence-corrected chi connectivity index (χ3v) is 10.4. The van der Waals surface area contributed by atoms with E-state index in [1.807, 2.05) is 0 Å². The first kappa shape index (κ1) is 21.9. The van der Waals surface area contributed by atoms with E-state index in [0.717, 1.165) is 43.4 Å². The van der Waals surface area contributed by atoms with E-state index in [1.54, 1.807) is 0 Å². The maximum Gasteiger partial charge on any atom is 0.0571 e. The van der Waals surface area contributed by atoms with Crippen LogP contribution in [0.15, 0.2) is 12.2 Å². The minimum atomic E-state index is -0.173. The summed E-state index contributed by atoms with van der Waals surface area (Å²) in [6, 6.07) is 0. The minimum absolute atomic E-state index is 0.0533. The molecular formula is C27H46O2. The van der Waals surface area contributed by atoms with Crippen molar-refractivity contribution >= 4 is 0 Å². The number of fused-ring (bicyclic) bond motifs is 5. The molecule has 2 nitrogen and oxygen atoms in total. The normalized spacial score (nSPS) is 48.7. The summed E-state index contributed by atoms with van der Waals surface area (Å²) in [4.78, 5) is 0. The van der Waals surface area contributed by atoms with Crippen molar-refractivity contribution in [3.05, 3.63) is 12.2 Å². The zero-order valence-corrected chi connectivity index (χ0v) is 19.6. The molecule has 3 fully saturated rings. The fourth-order valence-corrected chi connectivity index (χ4v) is 8.51. The summed E-state index contributed by atoms with van der Waals surface area (Å²) < 4.78 is 0. The van der Waals surface area contributed by atoms with Gasteiger partial charge in [0.2, 0.25) is 0 Å². The monoisotopic (exact) mass is 402 g/mol. The number of hydrogen-bond donors (Lipinski definition) is 2. The lowest BCUT2D eigenvalue weighted by Gasteiger charge is -2.61. The van der Waals surface area contributed by atoms with Gasteiger partial charge in [0.25, 0.3) is 0 Å². The standard InChI is InChI=1S/C27H46O2/c1-17(2)6-11-25(29)18(3)22-9-10-23-21-8-7-19-16-20(28)12-14-26(19,4)24(21)13-15-27(22,23)5/h9-10,17-25,28-29H,6-8,11-16H2,1-5H3. The average molecular weight is 403 g/mol. The number of aliphatic hydroxyl groups excluding tert-OH is 2. The Morgan fingerprint density at radius 2 is 1.66 bits per heavy atom. The van der Waals surface area contributed by atoms with Gasteiger partial charge in [0.05, 0.1) is 12.2 Å².